The molecule has 4 heterocycles. The highest BCUT2D eigenvalue weighted by molar-refractivity contribution is 5.95. The Hall–Kier alpha value is -2.70. The number of nitrogens with one attached hydrogen (secondary N) is 1. The zero-order valence-corrected chi connectivity index (χ0v) is 16.3. The highest BCUT2D eigenvalue weighted by Gasteiger charge is 2.29. The fourth-order valence-electron chi connectivity index (χ4n) is 4.23. The van der Waals surface area contributed by atoms with E-state index in [4.69, 9.17) is 0 Å². The fraction of sp³-hybridized carbons (Fsp3) is 0.524. The van der Waals surface area contributed by atoms with Crippen molar-refractivity contribution in [3.05, 3.63) is 47.5 Å². The maximum Gasteiger partial charge on any atom is 0.257 e. The lowest BCUT2D eigenvalue weighted by Crippen LogP contribution is -2.40. The number of hydrogen-bond donors (Lipinski definition) is 1. The quantitative estimate of drug-likeness (QED) is 0.880. The molecule has 1 N–H and O–H groups in total. The summed E-state index contributed by atoms with van der Waals surface area (Å²) in [4.78, 5) is 31.3. The molecule has 4 rings (SSSR count). The van der Waals surface area contributed by atoms with Gasteiger partial charge in [0.1, 0.15) is 0 Å². The third-order valence-electron chi connectivity index (χ3n) is 5.83. The number of fused-ring (bicyclic) bond motifs is 1. The van der Waals surface area contributed by atoms with Gasteiger partial charge in [0.05, 0.1) is 23.0 Å². The number of carbonyl (C=O) groups is 2. The standard InChI is InChI=1S/C21H27N5O2/c1-15-4-3-8-25(14-15)21(28)18-13-24-26-9-6-16(10-19(18)26)11-23-20(27)17-5-2-7-22-12-17/h2,5,7,12-13,15-16H,3-4,6,8-11,14H2,1H3,(H,23,27)/t15-,16+/m1/s1. The Kier molecular flexibility index (Phi) is 5.41. The molecule has 2 aromatic rings. The summed E-state index contributed by atoms with van der Waals surface area (Å²) < 4.78 is 1.96. The largest absolute Gasteiger partial charge is 0.352 e. The zero-order valence-electron chi connectivity index (χ0n) is 16.3. The summed E-state index contributed by atoms with van der Waals surface area (Å²) in [6.07, 6.45) is 8.91. The van der Waals surface area contributed by atoms with E-state index in [1.54, 1.807) is 30.7 Å². The van der Waals surface area contributed by atoms with Crippen molar-refractivity contribution in [2.45, 2.75) is 39.2 Å². The summed E-state index contributed by atoms with van der Waals surface area (Å²) in [7, 11) is 0. The number of hydrogen-bond acceptors (Lipinski definition) is 4. The van der Waals surface area contributed by atoms with Crippen LogP contribution in [0.4, 0.5) is 0 Å². The molecule has 7 nitrogen and oxygen atoms in total. The Morgan fingerprint density at radius 3 is 2.93 bits per heavy atom. The average Bonchev–Trinajstić information content (AvgIpc) is 3.15. The first-order valence-corrected chi connectivity index (χ1v) is 10.1. The van der Waals surface area contributed by atoms with Crippen LogP contribution in [0.1, 0.15) is 52.6 Å². The lowest BCUT2D eigenvalue weighted by atomic mass is 9.93. The number of pyridine rings is 1. The molecule has 0 aromatic carbocycles. The first-order chi connectivity index (χ1) is 13.6. The predicted molar refractivity (Wildman–Crippen MR) is 105 cm³/mol. The minimum atomic E-state index is -0.106. The number of likely N-dealkylation sites (tertiary alicyclic amines) is 1. The van der Waals surface area contributed by atoms with E-state index in [9.17, 15) is 9.59 Å². The van der Waals surface area contributed by atoms with Gasteiger partial charge in [-0.05, 0) is 49.7 Å². The predicted octanol–water partition coefficient (Wildman–Crippen LogP) is 2.14. The molecular formula is C21H27N5O2. The van der Waals surface area contributed by atoms with E-state index >= 15 is 0 Å². The van der Waals surface area contributed by atoms with Crippen molar-refractivity contribution in [3.8, 4) is 0 Å². The van der Waals surface area contributed by atoms with Gasteiger partial charge in [-0.15, -0.1) is 0 Å². The van der Waals surface area contributed by atoms with E-state index in [1.165, 1.54) is 6.42 Å². The SMILES string of the molecule is C[C@@H]1CCCN(C(=O)c2cnn3c2C[C@@H](CNC(=O)c2cccnc2)CC3)C1. The van der Waals surface area contributed by atoms with Gasteiger partial charge in [0.15, 0.2) is 0 Å². The van der Waals surface area contributed by atoms with E-state index in [2.05, 4.69) is 22.3 Å². The number of rotatable bonds is 4. The van der Waals surface area contributed by atoms with Crippen molar-refractivity contribution in [3.63, 3.8) is 0 Å². The van der Waals surface area contributed by atoms with Crippen molar-refractivity contribution in [1.29, 1.82) is 0 Å². The summed E-state index contributed by atoms with van der Waals surface area (Å²) in [5.41, 5.74) is 2.31. The Balaban J connectivity index is 1.40. The summed E-state index contributed by atoms with van der Waals surface area (Å²) in [5.74, 6) is 0.856. The first kappa shape index (κ1) is 18.7. The molecule has 2 amide bonds. The van der Waals surface area contributed by atoms with Crippen LogP contribution >= 0.6 is 0 Å². The molecule has 0 bridgehead atoms. The van der Waals surface area contributed by atoms with Gasteiger partial charge in [0.2, 0.25) is 0 Å². The Morgan fingerprint density at radius 1 is 1.25 bits per heavy atom. The normalized spacial score (nSPS) is 21.8. The van der Waals surface area contributed by atoms with Crippen molar-refractivity contribution in [2.24, 2.45) is 11.8 Å². The monoisotopic (exact) mass is 381 g/mol. The number of aryl methyl sites for hydroxylation is 1. The van der Waals surface area contributed by atoms with Crippen molar-refractivity contribution in [1.82, 2.24) is 25.0 Å². The smallest absolute Gasteiger partial charge is 0.257 e. The van der Waals surface area contributed by atoms with E-state index in [1.807, 2.05) is 9.58 Å². The van der Waals surface area contributed by atoms with Crippen LogP contribution in [0.2, 0.25) is 0 Å². The molecule has 0 unspecified atom stereocenters. The summed E-state index contributed by atoms with van der Waals surface area (Å²) in [6.45, 7) is 5.24. The van der Waals surface area contributed by atoms with Crippen LogP contribution in [0, 0.1) is 11.8 Å². The lowest BCUT2D eigenvalue weighted by Gasteiger charge is -2.31. The molecule has 2 atom stereocenters. The van der Waals surface area contributed by atoms with E-state index in [-0.39, 0.29) is 11.8 Å². The number of piperidine rings is 1. The summed E-state index contributed by atoms with van der Waals surface area (Å²) in [6, 6.07) is 3.52. The Labute approximate surface area is 165 Å². The molecule has 28 heavy (non-hydrogen) atoms. The highest BCUT2D eigenvalue weighted by Crippen LogP contribution is 2.25. The number of nitrogens with zero attached hydrogens (tertiary/aromatic N) is 4. The number of aromatic nitrogens is 3. The molecule has 2 aromatic heterocycles. The molecule has 1 saturated heterocycles. The molecule has 2 aliphatic heterocycles. The van der Waals surface area contributed by atoms with Crippen LogP contribution in [-0.4, -0.2) is 51.1 Å². The Bertz CT molecular complexity index is 848. The van der Waals surface area contributed by atoms with Crippen LogP contribution in [0.25, 0.3) is 0 Å². The maximum atomic E-state index is 13.0. The van der Waals surface area contributed by atoms with Crippen molar-refractivity contribution >= 4 is 11.8 Å². The molecule has 148 valence electrons. The van der Waals surface area contributed by atoms with Gasteiger partial charge in [-0.2, -0.15) is 5.10 Å². The molecule has 1 fully saturated rings. The van der Waals surface area contributed by atoms with Gasteiger partial charge in [0.25, 0.3) is 11.8 Å². The number of carbonyl (C=O) groups excluding carboxylic acids is 2. The zero-order chi connectivity index (χ0) is 19.5. The average molecular weight is 381 g/mol. The van der Waals surface area contributed by atoms with Gasteiger partial charge >= 0.3 is 0 Å². The van der Waals surface area contributed by atoms with Crippen LogP contribution in [0.3, 0.4) is 0 Å². The highest BCUT2D eigenvalue weighted by atomic mass is 16.2. The fourth-order valence-corrected chi connectivity index (χ4v) is 4.23. The Morgan fingerprint density at radius 2 is 2.14 bits per heavy atom. The molecule has 0 aliphatic carbocycles. The third-order valence-corrected chi connectivity index (χ3v) is 5.83. The van der Waals surface area contributed by atoms with Gasteiger partial charge in [-0.25, -0.2) is 0 Å². The van der Waals surface area contributed by atoms with Gasteiger partial charge in [0, 0.05) is 38.6 Å². The van der Waals surface area contributed by atoms with Gasteiger partial charge in [-0.3, -0.25) is 19.3 Å². The molecule has 0 saturated carbocycles. The molecule has 0 spiro atoms. The summed E-state index contributed by atoms with van der Waals surface area (Å²) >= 11 is 0. The first-order valence-electron chi connectivity index (χ1n) is 10.1. The second-order valence-electron chi connectivity index (χ2n) is 8.04. The third kappa shape index (κ3) is 3.93. The van der Waals surface area contributed by atoms with E-state index in [0.29, 0.717) is 23.9 Å². The number of amides is 2. The van der Waals surface area contributed by atoms with Gasteiger partial charge < -0.3 is 10.2 Å². The van der Waals surface area contributed by atoms with Crippen LogP contribution in [0.5, 0.6) is 0 Å². The second-order valence-corrected chi connectivity index (χ2v) is 8.04. The van der Waals surface area contributed by atoms with Crippen LogP contribution < -0.4 is 5.32 Å². The second kappa shape index (κ2) is 8.12. The van der Waals surface area contributed by atoms with E-state index < -0.39 is 0 Å². The lowest BCUT2D eigenvalue weighted by molar-refractivity contribution is 0.0680. The van der Waals surface area contributed by atoms with E-state index in [0.717, 1.165) is 50.2 Å². The minimum Gasteiger partial charge on any atom is -0.352 e. The molecular weight excluding hydrogens is 354 g/mol. The molecule has 2 aliphatic rings. The van der Waals surface area contributed by atoms with Crippen LogP contribution in [-0.2, 0) is 13.0 Å². The maximum absolute atomic E-state index is 13.0. The minimum absolute atomic E-state index is 0.104. The van der Waals surface area contributed by atoms with Crippen LogP contribution in [0.15, 0.2) is 30.7 Å². The van der Waals surface area contributed by atoms with Crippen molar-refractivity contribution in [2.75, 3.05) is 19.6 Å². The molecule has 0 radical (unpaired) electrons. The van der Waals surface area contributed by atoms with Crippen molar-refractivity contribution < 1.29 is 9.59 Å². The molecule has 7 heteroatoms. The summed E-state index contributed by atoms with van der Waals surface area (Å²) in [5, 5.41) is 7.45. The topological polar surface area (TPSA) is 80.1 Å². The van der Waals surface area contributed by atoms with Gasteiger partial charge in [-0.1, -0.05) is 6.92 Å².